The van der Waals surface area contributed by atoms with Crippen LogP contribution in [0.3, 0.4) is 0 Å². The van der Waals surface area contributed by atoms with Crippen LogP contribution in [0.5, 0.6) is 0 Å². The van der Waals surface area contributed by atoms with Gasteiger partial charge in [0.15, 0.2) is 5.11 Å². The summed E-state index contributed by atoms with van der Waals surface area (Å²) < 4.78 is 0. The fourth-order valence-corrected chi connectivity index (χ4v) is 2.63. The van der Waals surface area contributed by atoms with Gasteiger partial charge in [-0.3, -0.25) is 10.1 Å². The number of nitrogens with one attached hydrogen (secondary N) is 2. The van der Waals surface area contributed by atoms with Gasteiger partial charge in [-0.15, -0.1) is 0 Å². The van der Waals surface area contributed by atoms with E-state index in [1.807, 2.05) is 30.3 Å². The number of hydrogen-bond donors (Lipinski definition) is 2. The summed E-state index contributed by atoms with van der Waals surface area (Å²) in [6.07, 6.45) is 0. The van der Waals surface area contributed by atoms with E-state index in [0.29, 0.717) is 5.56 Å². The maximum absolute atomic E-state index is 12.3. The number of amides is 1. The normalized spacial score (nSPS) is 10.2. The van der Waals surface area contributed by atoms with Crippen LogP contribution in [0.1, 0.15) is 20.7 Å². The second kappa shape index (κ2) is 7.11. The van der Waals surface area contributed by atoms with Crippen LogP contribution in [0, 0.1) is 0 Å². The molecule has 6 heteroatoms. The minimum atomic E-state index is -1.33. The number of para-hydroxylation sites is 1. The van der Waals surface area contributed by atoms with Crippen LogP contribution >= 0.6 is 12.2 Å². The molecule has 0 unspecified atom stereocenters. The van der Waals surface area contributed by atoms with E-state index in [-0.39, 0.29) is 22.3 Å². The van der Waals surface area contributed by atoms with Crippen molar-refractivity contribution in [2.75, 3.05) is 5.32 Å². The van der Waals surface area contributed by atoms with Gasteiger partial charge in [-0.05, 0) is 41.2 Å². The Morgan fingerprint density at radius 1 is 0.880 bits per heavy atom. The first kappa shape index (κ1) is 16.6. The zero-order valence-electron chi connectivity index (χ0n) is 13.0. The number of benzene rings is 3. The molecule has 0 heterocycles. The second-order valence-electron chi connectivity index (χ2n) is 5.30. The van der Waals surface area contributed by atoms with E-state index in [4.69, 9.17) is 12.2 Å². The lowest BCUT2D eigenvalue weighted by molar-refractivity contribution is -0.254. The second-order valence-corrected chi connectivity index (χ2v) is 5.71. The summed E-state index contributed by atoms with van der Waals surface area (Å²) in [7, 11) is 0. The zero-order chi connectivity index (χ0) is 17.8. The highest BCUT2D eigenvalue weighted by Gasteiger charge is 2.10. The number of carboxylic acid groups (broad SMARTS) is 1. The van der Waals surface area contributed by atoms with Crippen LogP contribution in [-0.2, 0) is 0 Å². The Kier molecular flexibility index (Phi) is 4.72. The predicted octanol–water partition coefficient (Wildman–Crippen LogP) is 2.33. The maximum Gasteiger partial charge on any atom is 0.257 e. The summed E-state index contributed by atoms with van der Waals surface area (Å²) in [5.74, 6) is -1.71. The SMILES string of the molecule is O=C(NC(=S)Nc1ccccc1C(=O)[O-])c1ccc2ccccc2c1. The monoisotopic (exact) mass is 349 g/mol. The van der Waals surface area contributed by atoms with Crippen molar-refractivity contribution < 1.29 is 14.7 Å². The molecule has 0 aliphatic carbocycles. The Labute approximate surface area is 149 Å². The highest BCUT2D eigenvalue weighted by atomic mass is 32.1. The minimum absolute atomic E-state index is 0.00635. The first-order valence-corrected chi connectivity index (χ1v) is 7.87. The first-order valence-electron chi connectivity index (χ1n) is 7.46. The van der Waals surface area contributed by atoms with E-state index < -0.39 is 5.97 Å². The van der Waals surface area contributed by atoms with Gasteiger partial charge in [0.2, 0.25) is 0 Å². The molecular formula is C19H13N2O3S-. The molecule has 2 N–H and O–H groups in total. The van der Waals surface area contributed by atoms with E-state index >= 15 is 0 Å². The van der Waals surface area contributed by atoms with E-state index in [2.05, 4.69) is 10.6 Å². The fraction of sp³-hybridized carbons (Fsp3) is 0. The van der Waals surface area contributed by atoms with Gasteiger partial charge in [0.25, 0.3) is 5.91 Å². The Morgan fingerprint density at radius 3 is 2.32 bits per heavy atom. The molecule has 0 saturated heterocycles. The molecule has 0 aliphatic heterocycles. The van der Waals surface area contributed by atoms with Crippen molar-refractivity contribution in [3.05, 3.63) is 77.9 Å². The molecule has 3 aromatic rings. The molecular weight excluding hydrogens is 336 g/mol. The maximum atomic E-state index is 12.3. The van der Waals surface area contributed by atoms with Gasteiger partial charge >= 0.3 is 0 Å². The lowest BCUT2D eigenvalue weighted by Gasteiger charge is -2.14. The van der Waals surface area contributed by atoms with Crippen LogP contribution < -0.4 is 15.7 Å². The third-order valence-electron chi connectivity index (χ3n) is 3.63. The summed E-state index contributed by atoms with van der Waals surface area (Å²) in [5, 5.41) is 18.3. The van der Waals surface area contributed by atoms with Gasteiger partial charge in [-0.25, -0.2) is 0 Å². The Morgan fingerprint density at radius 2 is 1.56 bits per heavy atom. The number of hydrogen-bond acceptors (Lipinski definition) is 4. The molecule has 0 atom stereocenters. The molecule has 0 bridgehead atoms. The summed E-state index contributed by atoms with van der Waals surface area (Å²) in [6.45, 7) is 0. The highest BCUT2D eigenvalue weighted by Crippen LogP contribution is 2.16. The van der Waals surface area contributed by atoms with Crippen molar-refractivity contribution in [2.24, 2.45) is 0 Å². The van der Waals surface area contributed by atoms with Crippen molar-refractivity contribution in [2.45, 2.75) is 0 Å². The highest BCUT2D eigenvalue weighted by molar-refractivity contribution is 7.80. The molecule has 0 radical (unpaired) electrons. The molecule has 3 aromatic carbocycles. The van der Waals surface area contributed by atoms with Crippen LogP contribution in [-0.4, -0.2) is 17.0 Å². The molecule has 0 aromatic heterocycles. The lowest BCUT2D eigenvalue weighted by atomic mass is 10.1. The summed E-state index contributed by atoms with van der Waals surface area (Å²) in [6, 6.07) is 19.2. The molecule has 1 amide bonds. The average molecular weight is 349 g/mol. The van der Waals surface area contributed by atoms with E-state index in [0.717, 1.165) is 10.8 Å². The summed E-state index contributed by atoms with van der Waals surface area (Å²) in [4.78, 5) is 23.4. The average Bonchev–Trinajstić information content (AvgIpc) is 2.61. The van der Waals surface area contributed by atoms with Crippen LogP contribution in [0.25, 0.3) is 10.8 Å². The van der Waals surface area contributed by atoms with Crippen molar-refractivity contribution in [3.8, 4) is 0 Å². The lowest BCUT2D eigenvalue weighted by Crippen LogP contribution is -2.35. The van der Waals surface area contributed by atoms with E-state index in [9.17, 15) is 14.7 Å². The number of thiocarbonyl (C=S) groups is 1. The van der Waals surface area contributed by atoms with Crippen molar-refractivity contribution >= 4 is 45.7 Å². The smallest absolute Gasteiger partial charge is 0.257 e. The molecule has 25 heavy (non-hydrogen) atoms. The minimum Gasteiger partial charge on any atom is -0.545 e. The number of aromatic carboxylic acids is 1. The number of carbonyl (C=O) groups excluding carboxylic acids is 2. The summed E-state index contributed by atoms with van der Waals surface area (Å²) >= 11 is 5.10. The Bertz CT molecular complexity index is 985. The van der Waals surface area contributed by atoms with Crippen LogP contribution in [0.4, 0.5) is 5.69 Å². The van der Waals surface area contributed by atoms with Gasteiger partial charge in [-0.1, -0.05) is 48.5 Å². The van der Waals surface area contributed by atoms with Crippen LogP contribution in [0.2, 0.25) is 0 Å². The van der Waals surface area contributed by atoms with Crippen molar-refractivity contribution in [1.82, 2.24) is 5.32 Å². The van der Waals surface area contributed by atoms with E-state index in [1.54, 1.807) is 30.3 Å². The first-order chi connectivity index (χ1) is 12.0. The molecule has 124 valence electrons. The quantitative estimate of drug-likeness (QED) is 0.709. The third kappa shape index (κ3) is 3.81. The standard InChI is InChI=1S/C19H14N2O3S/c22-17(14-10-9-12-5-1-2-6-13(12)11-14)21-19(25)20-16-8-4-3-7-15(16)18(23)24/h1-11H,(H,23,24)(H2,20,21,22,25)/p-1. The van der Waals surface area contributed by atoms with Gasteiger partial charge in [0.1, 0.15) is 0 Å². The van der Waals surface area contributed by atoms with Crippen molar-refractivity contribution in [1.29, 1.82) is 0 Å². The molecule has 0 fully saturated rings. The largest absolute Gasteiger partial charge is 0.545 e. The van der Waals surface area contributed by atoms with Gasteiger partial charge in [0.05, 0.1) is 5.97 Å². The zero-order valence-corrected chi connectivity index (χ0v) is 13.8. The number of carbonyl (C=O) groups is 2. The summed E-state index contributed by atoms with van der Waals surface area (Å²) in [5.41, 5.74) is 0.673. The predicted molar refractivity (Wildman–Crippen MR) is 98.4 cm³/mol. The van der Waals surface area contributed by atoms with Gasteiger partial charge in [-0.2, -0.15) is 0 Å². The molecule has 0 aliphatic rings. The van der Waals surface area contributed by atoms with Gasteiger partial charge in [0, 0.05) is 16.8 Å². The molecule has 0 saturated carbocycles. The van der Waals surface area contributed by atoms with E-state index in [1.165, 1.54) is 6.07 Å². The molecule has 0 spiro atoms. The van der Waals surface area contributed by atoms with Gasteiger partial charge < -0.3 is 15.2 Å². The Hall–Kier alpha value is -3.25. The Balaban J connectivity index is 1.74. The van der Waals surface area contributed by atoms with Crippen molar-refractivity contribution in [3.63, 3.8) is 0 Å². The molecule has 3 rings (SSSR count). The van der Waals surface area contributed by atoms with Crippen LogP contribution in [0.15, 0.2) is 66.7 Å². The topological polar surface area (TPSA) is 81.3 Å². The third-order valence-corrected chi connectivity index (χ3v) is 3.84. The number of carboxylic acids is 1. The number of anilines is 1. The number of rotatable bonds is 3. The fourth-order valence-electron chi connectivity index (χ4n) is 2.43. The number of fused-ring (bicyclic) bond motifs is 1. The molecule has 5 nitrogen and oxygen atoms in total.